The van der Waals surface area contributed by atoms with Gasteiger partial charge in [0, 0.05) is 39.1 Å². The Morgan fingerprint density at radius 2 is 2.26 bits per heavy atom. The molecule has 7 heteroatoms. The third-order valence-electron chi connectivity index (χ3n) is 3.32. The van der Waals surface area contributed by atoms with Gasteiger partial charge in [0.25, 0.3) is 5.56 Å². The number of hydrogen-bond acceptors (Lipinski definition) is 5. The van der Waals surface area contributed by atoms with Gasteiger partial charge in [0.2, 0.25) is 0 Å². The van der Waals surface area contributed by atoms with Crippen LogP contribution in [0.1, 0.15) is 19.8 Å². The highest BCUT2D eigenvalue weighted by Crippen LogP contribution is 2.22. The molecule has 0 aromatic carbocycles. The van der Waals surface area contributed by atoms with Crippen LogP contribution in [-0.4, -0.2) is 40.2 Å². The summed E-state index contributed by atoms with van der Waals surface area (Å²) in [7, 11) is 0. The maximum Gasteiger partial charge on any atom is 0.287 e. The summed E-state index contributed by atoms with van der Waals surface area (Å²) in [5, 5.41) is 17.4. The highest BCUT2D eigenvalue weighted by atomic mass is 35.5. The van der Waals surface area contributed by atoms with Crippen molar-refractivity contribution in [3.8, 4) is 0 Å². The lowest BCUT2D eigenvalue weighted by molar-refractivity contribution is -0.0543. The van der Waals surface area contributed by atoms with Crippen molar-refractivity contribution in [1.82, 2.24) is 9.78 Å². The van der Waals surface area contributed by atoms with Crippen molar-refractivity contribution in [3.63, 3.8) is 0 Å². The fraction of sp³-hybridized carbons (Fsp3) is 0.667. The minimum atomic E-state index is -0.818. The first-order valence-electron chi connectivity index (χ1n) is 6.35. The predicted octanol–water partition coefficient (Wildman–Crippen LogP) is 0.870. The van der Waals surface area contributed by atoms with Gasteiger partial charge in [-0.1, -0.05) is 11.6 Å². The van der Waals surface area contributed by atoms with E-state index in [-0.39, 0.29) is 10.6 Å². The summed E-state index contributed by atoms with van der Waals surface area (Å²) < 4.78 is 6.50. The lowest BCUT2D eigenvalue weighted by Crippen LogP contribution is -2.42. The Labute approximate surface area is 116 Å². The first-order valence-corrected chi connectivity index (χ1v) is 6.73. The fourth-order valence-electron chi connectivity index (χ4n) is 2.00. The Morgan fingerprint density at radius 3 is 2.89 bits per heavy atom. The van der Waals surface area contributed by atoms with E-state index in [1.54, 1.807) is 0 Å². The van der Waals surface area contributed by atoms with Crippen molar-refractivity contribution in [2.24, 2.45) is 0 Å². The maximum atomic E-state index is 11.8. The lowest BCUT2D eigenvalue weighted by Gasteiger charge is -2.32. The average Bonchev–Trinajstić information content (AvgIpc) is 2.41. The van der Waals surface area contributed by atoms with E-state index < -0.39 is 5.60 Å². The molecule has 1 aromatic rings. The molecule has 0 unspecified atom stereocenters. The molecular weight excluding hydrogens is 270 g/mol. The molecule has 6 nitrogen and oxygen atoms in total. The van der Waals surface area contributed by atoms with Crippen LogP contribution in [0.3, 0.4) is 0 Å². The molecule has 2 rings (SSSR count). The molecule has 1 aliphatic heterocycles. The van der Waals surface area contributed by atoms with Gasteiger partial charge in [0.15, 0.2) is 0 Å². The molecule has 106 valence electrons. The van der Waals surface area contributed by atoms with Crippen LogP contribution in [0.15, 0.2) is 11.0 Å². The zero-order chi connectivity index (χ0) is 13.9. The van der Waals surface area contributed by atoms with Gasteiger partial charge in [-0.15, -0.1) is 0 Å². The monoisotopic (exact) mass is 287 g/mol. The third-order valence-corrected chi connectivity index (χ3v) is 3.68. The second kappa shape index (κ2) is 5.90. The van der Waals surface area contributed by atoms with E-state index in [0.717, 1.165) is 0 Å². The second-order valence-electron chi connectivity index (χ2n) is 4.68. The van der Waals surface area contributed by atoms with Crippen molar-refractivity contribution in [3.05, 3.63) is 21.6 Å². The number of halogens is 1. The van der Waals surface area contributed by atoms with E-state index in [0.29, 0.717) is 44.8 Å². The first-order chi connectivity index (χ1) is 9.06. The van der Waals surface area contributed by atoms with Crippen LogP contribution < -0.4 is 10.9 Å². The highest BCUT2D eigenvalue weighted by molar-refractivity contribution is 6.32. The summed E-state index contributed by atoms with van der Waals surface area (Å²) in [6.07, 6.45) is 2.64. The van der Waals surface area contributed by atoms with Gasteiger partial charge < -0.3 is 15.2 Å². The van der Waals surface area contributed by atoms with Gasteiger partial charge in [-0.3, -0.25) is 4.79 Å². The van der Waals surface area contributed by atoms with Crippen LogP contribution in [0.4, 0.5) is 5.69 Å². The second-order valence-corrected chi connectivity index (χ2v) is 5.06. The molecule has 1 fully saturated rings. The van der Waals surface area contributed by atoms with Crippen molar-refractivity contribution in [2.75, 3.05) is 25.1 Å². The molecule has 0 radical (unpaired) electrons. The minimum Gasteiger partial charge on any atom is -0.388 e. The first kappa shape index (κ1) is 14.3. The van der Waals surface area contributed by atoms with Crippen LogP contribution in [0, 0.1) is 0 Å². The number of rotatable bonds is 4. The van der Waals surface area contributed by atoms with Gasteiger partial charge in [0.05, 0.1) is 17.5 Å². The summed E-state index contributed by atoms with van der Waals surface area (Å²) in [5.41, 5.74) is -0.689. The third kappa shape index (κ3) is 3.26. The summed E-state index contributed by atoms with van der Waals surface area (Å²) in [6.45, 7) is 3.71. The lowest BCUT2D eigenvalue weighted by atomic mass is 9.94. The van der Waals surface area contributed by atoms with E-state index in [4.69, 9.17) is 16.3 Å². The number of ether oxygens (including phenoxy) is 1. The van der Waals surface area contributed by atoms with Gasteiger partial charge in [0.1, 0.15) is 5.02 Å². The summed E-state index contributed by atoms with van der Waals surface area (Å²) in [4.78, 5) is 11.8. The number of aliphatic hydroxyl groups is 1. The molecule has 0 aliphatic carbocycles. The number of aryl methyl sites for hydroxylation is 1. The Morgan fingerprint density at radius 1 is 1.58 bits per heavy atom. The number of nitrogens with one attached hydrogen (secondary N) is 1. The molecular formula is C12H18ClN3O3. The van der Waals surface area contributed by atoms with Crippen molar-refractivity contribution in [1.29, 1.82) is 0 Å². The van der Waals surface area contributed by atoms with E-state index in [2.05, 4.69) is 10.4 Å². The molecule has 0 saturated carbocycles. The van der Waals surface area contributed by atoms with Crippen molar-refractivity contribution >= 4 is 17.3 Å². The molecule has 1 saturated heterocycles. The van der Waals surface area contributed by atoms with Crippen LogP contribution in [0.2, 0.25) is 5.02 Å². The minimum absolute atomic E-state index is 0.104. The SMILES string of the molecule is CCn1ncc(NCC2(O)CCOCC2)c(Cl)c1=O. The van der Waals surface area contributed by atoms with Crippen LogP contribution in [0.5, 0.6) is 0 Å². The van der Waals surface area contributed by atoms with Gasteiger partial charge in [-0.25, -0.2) is 4.68 Å². The number of hydrogen-bond donors (Lipinski definition) is 2. The van der Waals surface area contributed by atoms with Gasteiger partial charge >= 0.3 is 0 Å². The maximum absolute atomic E-state index is 11.8. The smallest absolute Gasteiger partial charge is 0.287 e. The Bertz CT molecular complexity index is 497. The van der Waals surface area contributed by atoms with E-state index in [1.165, 1.54) is 10.9 Å². The van der Waals surface area contributed by atoms with Gasteiger partial charge in [-0.05, 0) is 6.92 Å². The number of nitrogens with zero attached hydrogens (tertiary/aromatic N) is 2. The van der Waals surface area contributed by atoms with E-state index in [9.17, 15) is 9.90 Å². The van der Waals surface area contributed by atoms with Crippen LogP contribution in [0.25, 0.3) is 0 Å². The largest absolute Gasteiger partial charge is 0.388 e. The summed E-state index contributed by atoms with van der Waals surface area (Å²) in [6, 6.07) is 0. The topological polar surface area (TPSA) is 76.4 Å². The van der Waals surface area contributed by atoms with Crippen molar-refractivity contribution in [2.45, 2.75) is 31.9 Å². The van der Waals surface area contributed by atoms with Crippen LogP contribution in [-0.2, 0) is 11.3 Å². The highest BCUT2D eigenvalue weighted by Gasteiger charge is 2.29. The Balaban J connectivity index is 2.07. The van der Waals surface area contributed by atoms with Crippen molar-refractivity contribution < 1.29 is 9.84 Å². The summed E-state index contributed by atoms with van der Waals surface area (Å²) in [5.74, 6) is 0. The molecule has 2 N–H and O–H groups in total. The summed E-state index contributed by atoms with van der Waals surface area (Å²) >= 11 is 6.00. The molecule has 2 heterocycles. The van der Waals surface area contributed by atoms with Gasteiger partial charge in [-0.2, -0.15) is 5.10 Å². The predicted molar refractivity (Wildman–Crippen MR) is 72.7 cm³/mol. The zero-order valence-corrected chi connectivity index (χ0v) is 11.6. The standard InChI is InChI=1S/C12H18ClN3O3/c1-2-16-11(17)10(13)9(7-15-16)14-8-12(18)3-5-19-6-4-12/h7,14,18H,2-6,8H2,1H3. The van der Waals surface area contributed by atoms with E-state index >= 15 is 0 Å². The normalized spacial score (nSPS) is 18.3. The molecule has 0 atom stereocenters. The molecule has 1 aliphatic rings. The van der Waals surface area contributed by atoms with E-state index in [1.807, 2.05) is 6.92 Å². The number of aromatic nitrogens is 2. The molecule has 0 spiro atoms. The Hall–Kier alpha value is -1.11. The average molecular weight is 288 g/mol. The Kier molecular flexibility index (Phi) is 4.44. The fourth-order valence-corrected chi connectivity index (χ4v) is 2.21. The molecule has 0 amide bonds. The molecule has 0 bridgehead atoms. The quantitative estimate of drug-likeness (QED) is 0.859. The number of anilines is 1. The zero-order valence-electron chi connectivity index (χ0n) is 10.9. The molecule has 19 heavy (non-hydrogen) atoms. The molecule has 1 aromatic heterocycles. The van der Waals surface area contributed by atoms with Crippen LogP contribution >= 0.6 is 11.6 Å².